The molecule has 3 aromatic rings. The van der Waals surface area contributed by atoms with Crippen LogP contribution in [0.25, 0.3) is 11.2 Å². The van der Waals surface area contributed by atoms with Crippen molar-refractivity contribution in [1.29, 1.82) is 0 Å². The second kappa shape index (κ2) is 9.71. The van der Waals surface area contributed by atoms with Gasteiger partial charge in [-0.1, -0.05) is 49.4 Å². The molecule has 0 aliphatic rings. The molecule has 0 saturated heterocycles. The molecule has 0 unspecified atom stereocenters. The van der Waals surface area contributed by atoms with E-state index in [0.29, 0.717) is 17.3 Å². The maximum atomic E-state index is 6.08. The fraction of sp³-hybridized carbons (Fsp3) is 0.381. The fourth-order valence-electron chi connectivity index (χ4n) is 3.01. The number of unbranched alkanes of at least 4 members (excludes halogenated alkanes) is 1. The third-order valence-electron chi connectivity index (χ3n) is 4.43. The molecule has 0 atom stereocenters. The summed E-state index contributed by atoms with van der Waals surface area (Å²) in [7, 11) is 0. The lowest BCUT2D eigenvalue weighted by Gasteiger charge is -2.08. The van der Waals surface area contributed by atoms with E-state index in [2.05, 4.69) is 68.2 Å². The fourth-order valence-corrected chi connectivity index (χ4v) is 3.01. The van der Waals surface area contributed by atoms with Gasteiger partial charge >= 0.3 is 0 Å². The predicted molar refractivity (Wildman–Crippen MR) is 112 cm³/mol. The largest absolute Gasteiger partial charge is 0.382 e. The Labute approximate surface area is 160 Å². The van der Waals surface area contributed by atoms with Gasteiger partial charge in [-0.2, -0.15) is 9.97 Å². The molecule has 6 nitrogen and oxygen atoms in total. The first-order valence-electron chi connectivity index (χ1n) is 9.69. The summed E-state index contributed by atoms with van der Waals surface area (Å²) in [6.07, 6.45) is 11.4. The van der Waals surface area contributed by atoms with Crippen LogP contribution in [-0.2, 0) is 13.0 Å². The Morgan fingerprint density at radius 1 is 1.11 bits per heavy atom. The van der Waals surface area contributed by atoms with Crippen molar-refractivity contribution in [3.63, 3.8) is 0 Å². The summed E-state index contributed by atoms with van der Waals surface area (Å²) in [5, 5.41) is 3.29. The van der Waals surface area contributed by atoms with Crippen LogP contribution >= 0.6 is 0 Å². The molecule has 0 radical (unpaired) electrons. The first-order chi connectivity index (χ1) is 13.3. The van der Waals surface area contributed by atoms with Gasteiger partial charge in [0, 0.05) is 13.1 Å². The van der Waals surface area contributed by atoms with Crippen LogP contribution < -0.4 is 11.1 Å². The van der Waals surface area contributed by atoms with Gasteiger partial charge in [0.05, 0.1) is 6.33 Å². The zero-order chi connectivity index (χ0) is 18.9. The molecule has 0 saturated carbocycles. The van der Waals surface area contributed by atoms with E-state index in [-0.39, 0.29) is 0 Å². The molecule has 142 valence electrons. The zero-order valence-electron chi connectivity index (χ0n) is 15.9. The minimum absolute atomic E-state index is 0.426. The van der Waals surface area contributed by atoms with E-state index >= 15 is 0 Å². The van der Waals surface area contributed by atoms with E-state index in [1.54, 1.807) is 6.33 Å². The first-order valence-corrected chi connectivity index (χ1v) is 9.69. The van der Waals surface area contributed by atoms with Crippen LogP contribution in [-0.4, -0.2) is 26.1 Å². The highest BCUT2D eigenvalue weighted by Gasteiger charge is 2.11. The Kier molecular flexibility index (Phi) is 6.79. The monoisotopic (exact) mass is 364 g/mol. The average Bonchev–Trinajstić information content (AvgIpc) is 3.09. The van der Waals surface area contributed by atoms with Crippen molar-refractivity contribution in [2.24, 2.45) is 0 Å². The number of aromatic nitrogens is 4. The summed E-state index contributed by atoms with van der Waals surface area (Å²) in [6, 6.07) is 10.5. The maximum absolute atomic E-state index is 6.08. The van der Waals surface area contributed by atoms with Crippen LogP contribution in [0.5, 0.6) is 0 Å². The summed E-state index contributed by atoms with van der Waals surface area (Å²) in [5.41, 5.74) is 8.89. The molecular weight excluding hydrogens is 336 g/mol. The highest BCUT2D eigenvalue weighted by Crippen LogP contribution is 2.18. The third-order valence-corrected chi connectivity index (χ3v) is 4.43. The van der Waals surface area contributed by atoms with E-state index in [4.69, 9.17) is 5.73 Å². The van der Waals surface area contributed by atoms with Crippen molar-refractivity contribution in [1.82, 2.24) is 19.5 Å². The highest BCUT2D eigenvalue weighted by molar-refractivity contribution is 5.82. The van der Waals surface area contributed by atoms with Crippen molar-refractivity contribution in [3.05, 3.63) is 54.4 Å². The van der Waals surface area contributed by atoms with Crippen molar-refractivity contribution in [3.8, 4) is 0 Å². The Hall–Kier alpha value is -2.89. The molecule has 0 bridgehead atoms. The molecule has 3 N–H and O–H groups in total. The Morgan fingerprint density at radius 3 is 2.78 bits per heavy atom. The second-order valence-electron chi connectivity index (χ2n) is 6.58. The number of hydrogen-bond donors (Lipinski definition) is 2. The average molecular weight is 364 g/mol. The normalized spacial score (nSPS) is 11.4. The number of anilines is 2. The Morgan fingerprint density at radius 2 is 1.96 bits per heavy atom. The molecule has 1 aromatic carbocycles. The van der Waals surface area contributed by atoms with Crippen molar-refractivity contribution >= 4 is 22.9 Å². The van der Waals surface area contributed by atoms with Gasteiger partial charge in [0.25, 0.3) is 0 Å². The number of fused-ring (bicyclic) bond motifs is 1. The van der Waals surface area contributed by atoms with Gasteiger partial charge in [0.1, 0.15) is 5.52 Å². The van der Waals surface area contributed by atoms with Crippen molar-refractivity contribution in [2.45, 2.75) is 45.6 Å². The van der Waals surface area contributed by atoms with Gasteiger partial charge in [-0.05, 0) is 37.7 Å². The summed E-state index contributed by atoms with van der Waals surface area (Å²) in [6.45, 7) is 3.82. The van der Waals surface area contributed by atoms with Crippen LogP contribution in [0.1, 0.15) is 38.2 Å². The van der Waals surface area contributed by atoms with Gasteiger partial charge in [0.2, 0.25) is 5.95 Å². The molecule has 3 rings (SSSR count). The zero-order valence-corrected chi connectivity index (χ0v) is 15.9. The van der Waals surface area contributed by atoms with E-state index < -0.39 is 0 Å². The minimum Gasteiger partial charge on any atom is -0.382 e. The Balaban J connectivity index is 1.58. The topological polar surface area (TPSA) is 81.7 Å². The molecule has 0 amide bonds. The predicted octanol–water partition coefficient (Wildman–Crippen LogP) is 4.20. The molecule has 0 aliphatic heterocycles. The van der Waals surface area contributed by atoms with E-state index in [0.717, 1.165) is 50.8 Å². The molecule has 0 fully saturated rings. The van der Waals surface area contributed by atoms with Crippen LogP contribution in [0, 0.1) is 0 Å². The first kappa shape index (κ1) is 18.9. The lowest BCUT2D eigenvalue weighted by molar-refractivity contribution is 0.660. The number of nitrogens with zero attached hydrogens (tertiary/aromatic N) is 4. The molecule has 0 aliphatic carbocycles. The summed E-state index contributed by atoms with van der Waals surface area (Å²) >= 11 is 0. The number of aryl methyl sites for hydroxylation is 2. The number of nitrogen functional groups attached to an aromatic ring is 1. The van der Waals surface area contributed by atoms with Crippen LogP contribution in [0.15, 0.2) is 48.8 Å². The SMILES string of the molecule is CC/C=C/CCCn1cnc2c(N)nc(NCCCc3ccccc3)nc21. The van der Waals surface area contributed by atoms with Gasteiger partial charge in [-0.3, -0.25) is 0 Å². The minimum atomic E-state index is 0.426. The van der Waals surface area contributed by atoms with E-state index in [1.165, 1.54) is 5.56 Å². The quantitative estimate of drug-likeness (QED) is 0.416. The summed E-state index contributed by atoms with van der Waals surface area (Å²) in [4.78, 5) is 13.4. The lowest BCUT2D eigenvalue weighted by Crippen LogP contribution is -2.09. The van der Waals surface area contributed by atoms with Crippen LogP contribution in [0.4, 0.5) is 11.8 Å². The molecule has 2 heterocycles. The number of nitrogens with two attached hydrogens (primary N) is 1. The molecule has 6 heteroatoms. The molecular formula is C21H28N6. The number of rotatable bonds is 10. The number of imidazole rings is 1. The maximum Gasteiger partial charge on any atom is 0.226 e. The number of allylic oxidation sites excluding steroid dienone is 2. The van der Waals surface area contributed by atoms with Crippen molar-refractivity contribution < 1.29 is 0 Å². The summed E-state index contributed by atoms with van der Waals surface area (Å²) < 4.78 is 2.06. The standard InChI is InChI=1S/C21H28N6/c1-2-3-4-5-9-15-27-16-24-18-19(22)25-21(26-20(18)27)23-14-10-13-17-11-7-6-8-12-17/h3-4,6-8,11-12,16H,2,5,9-10,13-15H2,1H3,(H3,22,23,25,26)/b4-3+. The molecule has 27 heavy (non-hydrogen) atoms. The van der Waals surface area contributed by atoms with Gasteiger partial charge in [-0.25, -0.2) is 4.98 Å². The molecule has 0 spiro atoms. The number of benzene rings is 1. The second-order valence-corrected chi connectivity index (χ2v) is 6.58. The third kappa shape index (κ3) is 5.29. The van der Waals surface area contributed by atoms with E-state index in [1.807, 2.05) is 6.07 Å². The van der Waals surface area contributed by atoms with Crippen LogP contribution in [0.2, 0.25) is 0 Å². The van der Waals surface area contributed by atoms with Crippen molar-refractivity contribution in [2.75, 3.05) is 17.6 Å². The van der Waals surface area contributed by atoms with Crippen LogP contribution in [0.3, 0.4) is 0 Å². The smallest absolute Gasteiger partial charge is 0.226 e. The number of hydrogen-bond acceptors (Lipinski definition) is 5. The summed E-state index contributed by atoms with van der Waals surface area (Å²) in [5.74, 6) is 0.996. The Bertz CT molecular complexity index is 869. The van der Waals surface area contributed by atoms with E-state index in [9.17, 15) is 0 Å². The van der Waals surface area contributed by atoms with Gasteiger partial charge in [-0.15, -0.1) is 0 Å². The molecule has 2 aromatic heterocycles. The number of nitrogens with one attached hydrogen (secondary N) is 1. The highest BCUT2D eigenvalue weighted by atomic mass is 15.2. The van der Waals surface area contributed by atoms with Gasteiger partial charge < -0.3 is 15.6 Å². The lowest BCUT2D eigenvalue weighted by atomic mass is 10.1. The van der Waals surface area contributed by atoms with Gasteiger partial charge in [0.15, 0.2) is 11.5 Å².